The van der Waals surface area contributed by atoms with Gasteiger partial charge in [-0.2, -0.15) is 0 Å². The quantitative estimate of drug-likeness (QED) is 0.866. The molecule has 1 unspecified atom stereocenters. The zero-order valence-corrected chi connectivity index (χ0v) is 11.4. The van der Waals surface area contributed by atoms with Crippen LogP contribution in [-0.4, -0.2) is 25.3 Å². The Hall–Kier alpha value is -2.33. The molecule has 0 spiro atoms. The maximum Gasteiger partial charge on any atom is 0.347 e. The van der Waals surface area contributed by atoms with Crippen molar-refractivity contribution >= 4 is 5.97 Å². The highest BCUT2D eigenvalue weighted by molar-refractivity contribution is 5.85. The Balaban J connectivity index is 2.60. The fraction of sp³-hybridized carbons (Fsp3) is 0.188. The number of benzene rings is 2. The third-order valence-electron chi connectivity index (χ3n) is 3.16. The molecule has 0 aromatic heterocycles. The maximum absolute atomic E-state index is 12.1. The van der Waals surface area contributed by atoms with Crippen LogP contribution >= 0.6 is 0 Å². The second-order valence-electron chi connectivity index (χ2n) is 4.30. The largest absolute Gasteiger partial charge is 0.497 e. The highest BCUT2D eigenvalue weighted by Crippen LogP contribution is 2.32. The summed E-state index contributed by atoms with van der Waals surface area (Å²) in [4.78, 5) is 12.1. The molecule has 4 nitrogen and oxygen atoms in total. The van der Waals surface area contributed by atoms with Gasteiger partial charge in [0.1, 0.15) is 5.75 Å². The average molecular weight is 272 g/mol. The van der Waals surface area contributed by atoms with Crippen molar-refractivity contribution in [2.75, 3.05) is 14.2 Å². The van der Waals surface area contributed by atoms with E-state index < -0.39 is 11.6 Å². The minimum absolute atomic E-state index is 0.398. The van der Waals surface area contributed by atoms with E-state index in [0.29, 0.717) is 16.9 Å². The van der Waals surface area contributed by atoms with Gasteiger partial charge in [-0.25, -0.2) is 4.79 Å². The minimum Gasteiger partial charge on any atom is -0.497 e. The molecule has 0 bridgehead atoms. The van der Waals surface area contributed by atoms with E-state index in [4.69, 9.17) is 9.47 Å². The molecule has 1 N–H and O–H groups in total. The molecular weight excluding hydrogens is 256 g/mol. The first-order chi connectivity index (χ1) is 9.62. The summed E-state index contributed by atoms with van der Waals surface area (Å²) in [5, 5.41) is 10.9. The van der Waals surface area contributed by atoms with Gasteiger partial charge in [0, 0.05) is 5.56 Å². The van der Waals surface area contributed by atoms with E-state index in [1.165, 1.54) is 14.2 Å². The third-order valence-corrected chi connectivity index (χ3v) is 3.16. The molecule has 0 aliphatic carbocycles. The van der Waals surface area contributed by atoms with Crippen LogP contribution < -0.4 is 4.74 Å². The van der Waals surface area contributed by atoms with Crippen molar-refractivity contribution in [3.63, 3.8) is 0 Å². The molecule has 0 saturated heterocycles. The van der Waals surface area contributed by atoms with Crippen LogP contribution in [0.15, 0.2) is 54.6 Å². The van der Waals surface area contributed by atoms with Crippen molar-refractivity contribution in [1.82, 2.24) is 0 Å². The van der Waals surface area contributed by atoms with Crippen molar-refractivity contribution in [2.24, 2.45) is 0 Å². The standard InChI is InChI=1S/C16H16O4/c1-19-14-10-6-9-13(11-14)16(18,15(17)20-2)12-7-4-3-5-8-12/h3-11,18H,1-2H3. The lowest BCUT2D eigenvalue weighted by Gasteiger charge is -2.26. The Morgan fingerprint density at radius 1 is 1.00 bits per heavy atom. The first-order valence-corrected chi connectivity index (χ1v) is 6.13. The Labute approximate surface area is 117 Å². The van der Waals surface area contributed by atoms with Crippen LogP contribution in [-0.2, 0) is 15.1 Å². The van der Waals surface area contributed by atoms with E-state index in [1.807, 2.05) is 6.07 Å². The molecule has 0 aliphatic rings. The van der Waals surface area contributed by atoms with Crippen molar-refractivity contribution in [3.05, 3.63) is 65.7 Å². The van der Waals surface area contributed by atoms with Gasteiger partial charge in [0.25, 0.3) is 0 Å². The van der Waals surface area contributed by atoms with Crippen molar-refractivity contribution < 1.29 is 19.4 Å². The molecular formula is C16H16O4. The summed E-state index contributed by atoms with van der Waals surface area (Å²) in [6.45, 7) is 0. The van der Waals surface area contributed by atoms with Gasteiger partial charge in [-0.15, -0.1) is 0 Å². The maximum atomic E-state index is 12.1. The summed E-state index contributed by atoms with van der Waals surface area (Å²) in [6.07, 6.45) is 0. The van der Waals surface area contributed by atoms with E-state index in [2.05, 4.69) is 0 Å². The zero-order chi connectivity index (χ0) is 14.6. The molecule has 1 atom stereocenters. The number of carbonyl (C=O) groups excluding carboxylic acids is 1. The number of rotatable bonds is 4. The molecule has 0 saturated carbocycles. The average Bonchev–Trinajstić information content (AvgIpc) is 2.54. The van der Waals surface area contributed by atoms with Crippen LogP contribution in [0.4, 0.5) is 0 Å². The number of methoxy groups -OCH3 is 2. The molecule has 0 radical (unpaired) electrons. The van der Waals surface area contributed by atoms with E-state index in [0.717, 1.165) is 0 Å². The minimum atomic E-state index is -1.86. The fourth-order valence-electron chi connectivity index (χ4n) is 2.08. The normalized spacial score (nSPS) is 13.3. The van der Waals surface area contributed by atoms with Crippen LogP contribution in [0.1, 0.15) is 11.1 Å². The lowest BCUT2D eigenvalue weighted by Crippen LogP contribution is -2.38. The van der Waals surface area contributed by atoms with Crippen molar-refractivity contribution in [3.8, 4) is 5.75 Å². The molecule has 0 fully saturated rings. The van der Waals surface area contributed by atoms with Crippen LogP contribution in [0.3, 0.4) is 0 Å². The molecule has 20 heavy (non-hydrogen) atoms. The number of aliphatic hydroxyl groups is 1. The van der Waals surface area contributed by atoms with Gasteiger partial charge < -0.3 is 14.6 Å². The van der Waals surface area contributed by atoms with Gasteiger partial charge in [-0.3, -0.25) is 0 Å². The highest BCUT2D eigenvalue weighted by atomic mass is 16.5. The summed E-state index contributed by atoms with van der Waals surface area (Å²) in [6, 6.07) is 15.4. The van der Waals surface area contributed by atoms with Crippen LogP contribution in [0.2, 0.25) is 0 Å². The van der Waals surface area contributed by atoms with Crippen LogP contribution in [0.25, 0.3) is 0 Å². The van der Waals surface area contributed by atoms with Crippen molar-refractivity contribution in [1.29, 1.82) is 0 Å². The lowest BCUT2D eigenvalue weighted by molar-refractivity contribution is -0.158. The van der Waals surface area contributed by atoms with E-state index in [-0.39, 0.29) is 0 Å². The summed E-state index contributed by atoms with van der Waals surface area (Å²) >= 11 is 0. The molecule has 2 aromatic carbocycles. The highest BCUT2D eigenvalue weighted by Gasteiger charge is 2.41. The van der Waals surface area contributed by atoms with Gasteiger partial charge in [0.2, 0.25) is 5.60 Å². The number of hydrogen-bond acceptors (Lipinski definition) is 4. The summed E-state index contributed by atoms with van der Waals surface area (Å²) in [7, 11) is 2.77. The summed E-state index contributed by atoms with van der Waals surface area (Å²) in [5.41, 5.74) is -1.01. The second-order valence-corrected chi connectivity index (χ2v) is 4.30. The van der Waals surface area contributed by atoms with Gasteiger partial charge in [0.15, 0.2) is 0 Å². The van der Waals surface area contributed by atoms with Crippen LogP contribution in [0, 0.1) is 0 Å². The van der Waals surface area contributed by atoms with E-state index >= 15 is 0 Å². The van der Waals surface area contributed by atoms with Crippen molar-refractivity contribution in [2.45, 2.75) is 5.60 Å². The Bertz CT molecular complexity index is 594. The number of ether oxygens (including phenoxy) is 2. The first kappa shape index (κ1) is 14.1. The Morgan fingerprint density at radius 3 is 2.25 bits per heavy atom. The van der Waals surface area contributed by atoms with Gasteiger partial charge in [-0.05, 0) is 17.7 Å². The number of carbonyl (C=O) groups is 1. The topological polar surface area (TPSA) is 55.8 Å². The lowest BCUT2D eigenvalue weighted by atomic mass is 9.86. The third kappa shape index (κ3) is 2.38. The molecule has 2 rings (SSSR count). The summed E-state index contributed by atoms with van der Waals surface area (Å²) in [5.74, 6) is -0.183. The van der Waals surface area contributed by atoms with Gasteiger partial charge in [-0.1, -0.05) is 42.5 Å². The predicted molar refractivity (Wildman–Crippen MR) is 74.5 cm³/mol. The van der Waals surface area contributed by atoms with Gasteiger partial charge in [0.05, 0.1) is 14.2 Å². The molecule has 0 heterocycles. The first-order valence-electron chi connectivity index (χ1n) is 6.13. The second kappa shape index (κ2) is 5.75. The zero-order valence-electron chi connectivity index (χ0n) is 11.4. The fourth-order valence-corrected chi connectivity index (χ4v) is 2.08. The number of esters is 1. The summed E-state index contributed by atoms with van der Waals surface area (Å²) < 4.78 is 9.90. The molecule has 2 aromatic rings. The SMILES string of the molecule is COC(=O)C(O)(c1ccccc1)c1cccc(OC)c1. The predicted octanol–water partition coefficient (Wildman–Crippen LogP) is 2.10. The molecule has 104 valence electrons. The molecule has 0 aliphatic heterocycles. The molecule has 4 heteroatoms. The Kier molecular flexibility index (Phi) is 4.05. The smallest absolute Gasteiger partial charge is 0.347 e. The van der Waals surface area contributed by atoms with E-state index in [1.54, 1.807) is 48.5 Å². The monoisotopic (exact) mass is 272 g/mol. The van der Waals surface area contributed by atoms with E-state index in [9.17, 15) is 9.90 Å². The van der Waals surface area contributed by atoms with Crippen LogP contribution in [0.5, 0.6) is 5.75 Å². The Morgan fingerprint density at radius 2 is 1.65 bits per heavy atom. The number of hydrogen-bond donors (Lipinski definition) is 1. The molecule has 0 amide bonds. The van der Waals surface area contributed by atoms with Gasteiger partial charge >= 0.3 is 5.97 Å².